The molecule has 1 fully saturated rings. The Morgan fingerprint density at radius 2 is 1.46 bits per heavy atom. The fraction of sp³-hybridized carbons (Fsp3) is 1.00. The van der Waals surface area contributed by atoms with Gasteiger partial charge in [-0.05, 0) is 18.3 Å². The van der Waals surface area contributed by atoms with Crippen molar-refractivity contribution in [1.82, 2.24) is 0 Å². The number of hydrogen-bond donors (Lipinski definition) is 0. The van der Waals surface area contributed by atoms with Crippen LogP contribution in [0.2, 0.25) is 0 Å². The zero-order valence-electron chi connectivity index (χ0n) is 6.62. The topological polar surface area (TPSA) is 105 Å². The van der Waals surface area contributed by atoms with E-state index in [2.05, 4.69) is 9.68 Å². The lowest BCUT2D eigenvalue weighted by Crippen LogP contribution is -2.08. The average molecular weight is 192 g/mol. The van der Waals surface area contributed by atoms with Crippen molar-refractivity contribution in [2.45, 2.75) is 6.42 Å². The smallest absolute Gasteiger partial charge is 0.294 e. The lowest BCUT2D eigenvalue weighted by molar-refractivity contribution is -0.761. The van der Waals surface area contributed by atoms with Gasteiger partial charge in [-0.1, -0.05) is 0 Å². The molecule has 8 heteroatoms. The van der Waals surface area contributed by atoms with Crippen LogP contribution in [0.5, 0.6) is 0 Å². The Kier molecular flexibility index (Phi) is 2.83. The molecule has 0 amide bonds. The first kappa shape index (κ1) is 9.49. The predicted octanol–water partition coefficient (Wildman–Crippen LogP) is 0.0391. The molecule has 0 bridgehead atoms. The minimum atomic E-state index is -0.871. The summed E-state index contributed by atoms with van der Waals surface area (Å²) in [6.45, 7) is -0.00250. The highest BCUT2D eigenvalue weighted by Gasteiger charge is 2.38. The van der Waals surface area contributed by atoms with Crippen LogP contribution in [0.4, 0.5) is 0 Å². The fourth-order valence-corrected chi connectivity index (χ4v) is 1.03. The van der Waals surface area contributed by atoms with Crippen LogP contribution in [-0.4, -0.2) is 23.4 Å². The summed E-state index contributed by atoms with van der Waals surface area (Å²) in [6.07, 6.45) is 0.682. The maximum Gasteiger partial charge on any atom is 0.294 e. The molecule has 1 aliphatic carbocycles. The number of hydrogen-bond acceptors (Lipinski definition) is 6. The lowest BCUT2D eigenvalue weighted by Gasteiger charge is -1.97. The van der Waals surface area contributed by atoms with Gasteiger partial charge in [0.25, 0.3) is 10.2 Å². The van der Waals surface area contributed by atoms with Crippen molar-refractivity contribution >= 4 is 0 Å². The Bertz CT molecular complexity index is 197. The zero-order valence-corrected chi connectivity index (χ0v) is 6.62. The molecule has 0 aromatic carbocycles. The average Bonchev–Trinajstić information content (AvgIpc) is 2.76. The van der Waals surface area contributed by atoms with Crippen molar-refractivity contribution in [3.05, 3.63) is 20.2 Å². The summed E-state index contributed by atoms with van der Waals surface area (Å²) in [6, 6.07) is 0. The van der Waals surface area contributed by atoms with Gasteiger partial charge in [0.1, 0.15) is 0 Å². The maximum atomic E-state index is 9.75. The minimum Gasteiger partial charge on any atom is -0.314 e. The highest BCUT2D eigenvalue weighted by molar-refractivity contribution is 4.85. The summed E-state index contributed by atoms with van der Waals surface area (Å²) in [5.41, 5.74) is 0. The third-order valence-electron chi connectivity index (χ3n) is 1.86. The van der Waals surface area contributed by atoms with E-state index in [1.807, 2.05) is 0 Å². The van der Waals surface area contributed by atoms with Crippen molar-refractivity contribution in [1.29, 1.82) is 0 Å². The summed E-state index contributed by atoms with van der Waals surface area (Å²) < 4.78 is 0. The van der Waals surface area contributed by atoms with Gasteiger partial charge < -0.3 is 9.68 Å². The molecule has 0 unspecified atom stereocenters. The molecule has 13 heavy (non-hydrogen) atoms. The van der Waals surface area contributed by atoms with Gasteiger partial charge in [-0.2, -0.15) is 0 Å². The fourth-order valence-electron chi connectivity index (χ4n) is 1.03. The van der Waals surface area contributed by atoms with E-state index in [0.29, 0.717) is 6.42 Å². The van der Waals surface area contributed by atoms with Gasteiger partial charge in [0.2, 0.25) is 0 Å². The molecule has 0 saturated heterocycles. The number of rotatable bonds is 6. The Labute approximate surface area is 72.6 Å². The first-order chi connectivity index (χ1) is 6.09. The molecule has 1 aliphatic rings. The molecule has 0 radical (unpaired) electrons. The summed E-state index contributed by atoms with van der Waals surface area (Å²) in [5.74, 6) is 0.0377. The van der Waals surface area contributed by atoms with Crippen molar-refractivity contribution in [3.63, 3.8) is 0 Å². The SMILES string of the molecule is O=[N+]([O-])OC[C@@H]1C[C@@H]1CO[N+](=O)[O-]. The molecule has 0 aromatic heterocycles. The second-order valence-electron chi connectivity index (χ2n) is 2.79. The first-order valence-corrected chi connectivity index (χ1v) is 3.64. The lowest BCUT2D eigenvalue weighted by atomic mass is 10.3. The molecule has 8 nitrogen and oxygen atoms in total. The molecule has 0 heterocycles. The molecule has 74 valence electrons. The molecule has 0 N–H and O–H groups in total. The highest BCUT2D eigenvalue weighted by atomic mass is 17.0. The quantitative estimate of drug-likeness (QED) is 0.434. The van der Waals surface area contributed by atoms with Crippen LogP contribution in [0.3, 0.4) is 0 Å². The largest absolute Gasteiger partial charge is 0.314 e. The maximum absolute atomic E-state index is 9.75. The summed E-state index contributed by atoms with van der Waals surface area (Å²) in [7, 11) is 0. The van der Waals surface area contributed by atoms with Crippen LogP contribution < -0.4 is 0 Å². The van der Waals surface area contributed by atoms with E-state index in [4.69, 9.17) is 0 Å². The van der Waals surface area contributed by atoms with Gasteiger partial charge in [0.05, 0.1) is 13.2 Å². The van der Waals surface area contributed by atoms with Crippen LogP contribution in [-0.2, 0) is 9.68 Å². The Balaban J connectivity index is 2.02. The van der Waals surface area contributed by atoms with E-state index in [1.165, 1.54) is 0 Å². The van der Waals surface area contributed by atoms with Crippen LogP contribution in [0, 0.1) is 32.1 Å². The van der Waals surface area contributed by atoms with E-state index in [-0.39, 0.29) is 25.0 Å². The summed E-state index contributed by atoms with van der Waals surface area (Å²) in [5, 5.41) is 17.8. The van der Waals surface area contributed by atoms with E-state index in [9.17, 15) is 20.2 Å². The van der Waals surface area contributed by atoms with Crippen molar-refractivity contribution < 1.29 is 19.8 Å². The van der Waals surface area contributed by atoms with Crippen LogP contribution in [0.1, 0.15) is 6.42 Å². The van der Waals surface area contributed by atoms with E-state index < -0.39 is 10.2 Å². The normalized spacial score (nSPS) is 24.9. The van der Waals surface area contributed by atoms with E-state index >= 15 is 0 Å². The van der Waals surface area contributed by atoms with Crippen molar-refractivity contribution in [2.75, 3.05) is 13.2 Å². The Hall–Kier alpha value is -1.60. The van der Waals surface area contributed by atoms with Gasteiger partial charge in [0, 0.05) is 0 Å². The van der Waals surface area contributed by atoms with E-state index in [0.717, 1.165) is 0 Å². The minimum absolute atomic E-state index is 0.00125. The van der Waals surface area contributed by atoms with E-state index in [1.54, 1.807) is 0 Å². The molecular formula is C5H8N2O6. The Morgan fingerprint density at radius 3 is 1.77 bits per heavy atom. The molecule has 0 aromatic rings. The third kappa shape index (κ3) is 3.54. The monoisotopic (exact) mass is 192 g/mol. The molecule has 1 rings (SSSR count). The van der Waals surface area contributed by atoms with Crippen molar-refractivity contribution in [2.24, 2.45) is 11.8 Å². The predicted molar refractivity (Wildman–Crippen MR) is 37.5 cm³/mol. The van der Waals surface area contributed by atoms with Gasteiger partial charge in [0.15, 0.2) is 0 Å². The van der Waals surface area contributed by atoms with Crippen LogP contribution in [0.25, 0.3) is 0 Å². The molecule has 2 atom stereocenters. The number of nitrogens with zero attached hydrogens (tertiary/aromatic N) is 2. The van der Waals surface area contributed by atoms with Crippen molar-refractivity contribution in [3.8, 4) is 0 Å². The second-order valence-corrected chi connectivity index (χ2v) is 2.79. The zero-order chi connectivity index (χ0) is 9.84. The standard InChI is InChI=1S/C5H8N2O6/c8-6(9)12-2-4-1-5(4)3-13-7(10)11/h4-5H,1-3H2/t4-,5+. The third-order valence-corrected chi connectivity index (χ3v) is 1.86. The van der Waals surface area contributed by atoms with Gasteiger partial charge in [-0.25, -0.2) is 0 Å². The van der Waals surface area contributed by atoms with Gasteiger partial charge in [-0.3, -0.25) is 0 Å². The molecule has 0 aliphatic heterocycles. The molecule has 0 spiro atoms. The molecule has 1 saturated carbocycles. The summed E-state index contributed by atoms with van der Waals surface area (Å²) in [4.78, 5) is 27.7. The van der Waals surface area contributed by atoms with Crippen LogP contribution >= 0.6 is 0 Å². The van der Waals surface area contributed by atoms with Crippen LogP contribution in [0.15, 0.2) is 0 Å². The highest BCUT2D eigenvalue weighted by Crippen LogP contribution is 2.38. The van der Waals surface area contributed by atoms with Gasteiger partial charge in [-0.15, -0.1) is 20.2 Å². The van der Waals surface area contributed by atoms with Gasteiger partial charge >= 0.3 is 0 Å². The first-order valence-electron chi connectivity index (χ1n) is 3.64. The second kappa shape index (κ2) is 3.87. The Morgan fingerprint density at radius 1 is 1.08 bits per heavy atom. The summed E-state index contributed by atoms with van der Waals surface area (Å²) >= 11 is 0. The molecular weight excluding hydrogens is 184 g/mol.